The van der Waals surface area contributed by atoms with Gasteiger partial charge in [-0.25, -0.2) is 0 Å². The maximum atomic E-state index is 5.42. The minimum absolute atomic E-state index is 0. The Hall–Kier alpha value is -1.23. The fourth-order valence-corrected chi connectivity index (χ4v) is 3.19. The highest BCUT2D eigenvalue weighted by Gasteiger charge is 2.19. The van der Waals surface area contributed by atoms with Gasteiger partial charge in [-0.3, -0.25) is 4.90 Å². The van der Waals surface area contributed by atoms with Crippen LogP contribution in [-0.4, -0.2) is 25.7 Å². The van der Waals surface area contributed by atoms with Crippen LogP contribution >= 0.6 is 28.3 Å². The summed E-state index contributed by atoms with van der Waals surface area (Å²) in [6.45, 7) is 2.99. The van der Waals surface area contributed by atoms with Crippen molar-refractivity contribution in [3.8, 4) is 11.5 Å². The second kappa shape index (κ2) is 8.04. The summed E-state index contributed by atoms with van der Waals surface area (Å²) in [4.78, 5) is 2.47. The van der Waals surface area contributed by atoms with Gasteiger partial charge in [0.05, 0.1) is 14.2 Å². The Bertz CT molecular complexity index is 661. The van der Waals surface area contributed by atoms with Crippen molar-refractivity contribution in [3.63, 3.8) is 0 Å². The number of methoxy groups -OCH3 is 2. The number of hydrogen-bond acceptors (Lipinski definition) is 3. The third-order valence-electron chi connectivity index (χ3n) is 4.12. The van der Waals surface area contributed by atoms with Crippen LogP contribution in [0.25, 0.3) is 0 Å². The summed E-state index contributed by atoms with van der Waals surface area (Å²) in [5, 5.41) is 0. The highest BCUT2D eigenvalue weighted by molar-refractivity contribution is 9.10. The highest BCUT2D eigenvalue weighted by Crippen LogP contribution is 2.33. The summed E-state index contributed by atoms with van der Waals surface area (Å²) in [6.07, 6.45) is 1.05. The van der Waals surface area contributed by atoms with Gasteiger partial charge in [0, 0.05) is 24.1 Å². The largest absolute Gasteiger partial charge is 0.493 e. The number of ether oxygens (including phenoxy) is 2. The van der Waals surface area contributed by atoms with Crippen LogP contribution in [0.1, 0.15) is 16.7 Å². The molecule has 0 bridgehead atoms. The van der Waals surface area contributed by atoms with E-state index < -0.39 is 0 Å². The van der Waals surface area contributed by atoms with E-state index in [-0.39, 0.29) is 12.4 Å². The lowest BCUT2D eigenvalue weighted by molar-refractivity contribution is 0.244. The monoisotopic (exact) mass is 397 g/mol. The van der Waals surface area contributed by atoms with E-state index in [0.29, 0.717) is 0 Å². The van der Waals surface area contributed by atoms with Crippen LogP contribution in [-0.2, 0) is 19.5 Å². The van der Waals surface area contributed by atoms with Crippen LogP contribution in [0.2, 0.25) is 0 Å². The molecule has 0 saturated heterocycles. The van der Waals surface area contributed by atoms with Crippen molar-refractivity contribution in [2.24, 2.45) is 0 Å². The average molecular weight is 399 g/mol. The molecule has 1 aliphatic heterocycles. The minimum atomic E-state index is 0. The molecule has 5 heteroatoms. The van der Waals surface area contributed by atoms with Gasteiger partial charge in [0.2, 0.25) is 0 Å². The molecule has 3 nitrogen and oxygen atoms in total. The van der Waals surface area contributed by atoms with Crippen LogP contribution in [0, 0.1) is 0 Å². The van der Waals surface area contributed by atoms with E-state index in [1.54, 1.807) is 14.2 Å². The summed E-state index contributed by atoms with van der Waals surface area (Å²) < 4.78 is 11.9. The smallest absolute Gasteiger partial charge is 0.161 e. The maximum absolute atomic E-state index is 5.42. The Morgan fingerprint density at radius 3 is 2.22 bits per heavy atom. The van der Waals surface area contributed by atoms with E-state index in [2.05, 4.69) is 57.2 Å². The first kappa shape index (κ1) is 18.1. The molecule has 1 aliphatic rings. The summed E-state index contributed by atoms with van der Waals surface area (Å²) in [5.74, 6) is 1.63. The van der Waals surface area contributed by atoms with Crippen molar-refractivity contribution in [2.75, 3.05) is 20.8 Å². The molecular weight excluding hydrogens is 378 g/mol. The van der Waals surface area contributed by atoms with E-state index in [9.17, 15) is 0 Å². The van der Waals surface area contributed by atoms with Crippen molar-refractivity contribution in [1.29, 1.82) is 0 Å². The number of rotatable bonds is 4. The van der Waals surface area contributed by atoms with Crippen molar-refractivity contribution >= 4 is 28.3 Å². The second-order valence-electron chi connectivity index (χ2n) is 5.56. The minimum Gasteiger partial charge on any atom is -0.493 e. The fraction of sp³-hybridized carbons (Fsp3) is 0.333. The summed E-state index contributed by atoms with van der Waals surface area (Å²) in [5.41, 5.74) is 4.04. The molecule has 124 valence electrons. The van der Waals surface area contributed by atoms with Gasteiger partial charge in [-0.05, 0) is 47.4 Å². The van der Waals surface area contributed by atoms with Gasteiger partial charge >= 0.3 is 0 Å². The molecule has 3 rings (SSSR count). The van der Waals surface area contributed by atoms with Gasteiger partial charge < -0.3 is 9.47 Å². The quantitative estimate of drug-likeness (QED) is 0.759. The lowest BCUT2D eigenvalue weighted by Gasteiger charge is -2.29. The molecule has 23 heavy (non-hydrogen) atoms. The number of benzene rings is 2. The third kappa shape index (κ3) is 4.19. The predicted molar refractivity (Wildman–Crippen MR) is 98.8 cm³/mol. The zero-order valence-corrected chi connectivity index (χ0v) is 15.7. The lowest BCUT2D eigenvalue weighted by Crippen LogP contribution is -2.30. The molecule has 0 saturated carbocycles. The standard InChI is InChI=1S/C18H20BrNO2.ClH/c1-21-17-9-14-7-8-20(12-15(14)10-18(17)22-2)11-13-3-5-16(19)6-4-13;/h3-6,9-10H,7-8,11-12H2,1-2H3;1H. The van der Waals surface area contributed by atoms with Crippen LogP contribution in [0.3, 0.4) is 0 Å². The van der Waals surface area contributed by atoms with Crippen molar-refractivity contribution in [3.05, 3.63) is 57.6 Å². The second-order valence-corrected chi connectivity index (χ2v) is 6.48. The Kier molecular flexibility index (Phi) is 6.33. The lowest BCUT2D eigenvalue weighted by atomic mass is 9.98. The van der Waals surface area contributed by atoms with Crippen LogP contribution in [0.5, 0.6) is 11.5 Å². The Labute approximate surface area is 152 Å². The van der Waals surface area contributed by atoms with Crippen molar-refractivity contribution in [2.45, 2.75) is 19.5 Å². The van der Waals surface area contributed by atoms with Gasteiger partial charge in [-0.2, -0.15) is 0 Å². The van der Waals surface area contributed by atoms with Gasteiger partial charge in [-0.1, -0.05) is 28.1 Å². The number of hydrogen-bond donors (Lipinski definition) is 0. The number of fused-ring (bicyclic) bond motifs is 1. The normalized spacial score (nSPS) is 13.9. The summed E-state index contributed by atoms with van der Waals surface area (Å²) in [6, 6.07) is 12.8. The molecule has 2 aromatic carbocycles. The van der Waals surface area contributed by atoms with E-state index in [4.69, 9.17) is 9.47 Å². The van der Waals surface area contributed by atoms with E-state index >= 15 is 0 Å². The van der Waals surface area contributed by atoms with Gasteiger partial charge in [0.15, 0.2) is 11.5 Å². The molecule has 0 N–H and O–H groups in total. The first-order chi connectivity index (χ1) is 10.7. The molecule has 0 amide bonds. The van der Waals surface area contributed by atoms with Crippen LogP contribution in [0.15, 0.2) is 40.9 Å². The van der Waals surface area contributed by atoms with E-state index in [0.717, 1.165) is 42.0 Å². The zero-order chi connectivity index (χ0) is 15.5. The average Bonchev–Trinajstić information content (AvgIpc) is 2.55. The molecule has 0 aliphatic carbocycles. The molecule has 0 aromatic heterocycles. The predicted octanol–water partition coefficient (Wildman–Crippen LogP) is 4.45. The molecule has 2 aromatic rings. The summed E-state index contributed by atoms with van der Waals surface area (Å²) in [7, 11) is 3.37. The van der Waals surface area contributed by atoms with E-state index in [1.807, 2.05) is 0 Å². The Morgan fingerprint density at radius 2 is 1.61 bits per heavy atom. The number of halogens is 2. The number of nitrogens with zero attached hydrogens (tertiary/aromatic N) is 1. The highest BCUT2D eigenvalue weighted by atomic mass is 79.9. The zero-order valence-electron chi connectivity index (χ0n) is 13.3. The van der Waals surface area contributed by atoms with Crippen molar-refractivity contribution < 1.29 is 9.47 Å². The Morgan fingerprint density at radius 1 is 1.00 bits per heavy atom. The first-order valence-electron chi connectivity index (χ1n) is 7.40. The van der Waals surface area contributed by atoms with E-state index in [1.165, 1.54) is 16.7 Å². The molecular formula is C18H21BrClNO2. The van der Waals surface area contributed by atoms with Gasteiger partial charge in [-0.15, -0.1) is 12.4 Å². The SMILES string of the molecule is COc1cc2c(cc1OC)CN(Cc1ccc(Br)cc1)CC2.Cl. The fourth-order valence-electron chi connectivity index (χ4n) is 2.92. The topological polar surface area (TPSA) is 21.7 Å². The first-order valence-corrected chi connectivity index (χ1v) is 8.19. The summed E-state index contributed by atoms with van der Waals surface area (Å²) >= 11 is 3.48. The maximum Gasteiger partial charge on any atom is 0.161 e. The molecule has 0 unspecified atom stereocenters. The Balaban J connectivity index is 0.00000192. The van der Waals surface area contributed by atoms with Crippen LogP contribution < -0.4 is 9.47 Å². The van der Waals surface area contributed by atoms with Crippen molar-refractivity contribution in [1.82, 2.24) is 4.90 Å². The van der Waals surface area contributed by atoms with Crippen LogP contribution in [0.4, 0.5) is 0 Å². The molecule has 0 fully saturated rings. The molecule has 1 heterocycles. The van der Waals surface area contributed by atoms with Gasteiger partial charge in [0.1, 0.15) is 0 Å². The van der Waals surface area contributed by atoms with Gasteiger partial charge in [0.25, 0.3) is 0 Å². The molecule has 0 atom stereocenters. The molecule has 0 radical (unpaired) electrons. The molecule has 0 spiro atoms. The third-order valence-corrected chi connectivity index (χ3v) is 4.65.